The van der Waals surface area contributed by atoms with Crippen molar-refractivity contribution in [2.24, 2.45) is 17.3 Å². The van der Waals surface area contributed by atoms with Crippen LogP contribution in [-0.4, -0.2) is 25.4 Å². The van der Waals surface area contributed by atoms with Gasteiger partial charge in [0.25, 0.3) is 0 Å². The molecule has 504 valence electrons. The van der Waals surface area contributed by atoms with E-state index in [0.717, 1.165) is 62.9 Å². The van der Waals surface area contributed by atoms with Gasteiger partial charge in [-0.25, -0.2) is 0 Å². The summed E-state index contributed by atoms with van der Waals surface area (Å²) in [5.74, 6) is 3.13. The number of rotatable bonds is 60. The number of aryl methyl sites for hydroxylation is 2. The van der Waals surface area contributed by atoms with E-state index in [1.54, 1.807) is 0 Å². The smallest absolute Gasteiger partial charge is 0.397 e. The lowest BCUT2D eigenvalue weighted by Crippen LogP contribution is -2.38. The van der Waals surface area contributed by atoms with Crippen molar-refractivity contribution in [3.63, 3.8) is 0 Å². The number of hydrogen-bond donors (Lipinski definition) is 0. The molecular formula is C79H142O6P2. The molecule has 8 heteroatoms. The molecule has 2 aliphatic rings. The number of unbranched alkanes of at least 4 members (excludes halogenated alkanes) is 40. The van der Waals surface area contributed by atoms with Crippen molar-refractivity contribution in [2.75, 3.05) is 13.2 Å². The topological polar surface area (TPSA) is 55.4 Å². The molecule has 2 atom stereocenters. The second kappa shape index (κ2) is 54.2. The Bertz CT molecular complexity index is 1650. The maximum absolute atomic E-state index is 6.88. The first-order valence-corrected chi connectivity index (χ1v) is 40.8. The average Bonchev–Trinajstić information content (AvgIpc) is 3.46. The second-order valence-corrected chi connectivity index (χ2v) is 30.4. The Morgan fingerprint density at radius 3 is 0.782 bits per heavy atom. The molecule has 0 spiro atoms. The summed E-state index contributed by atoms with van der Waals surface area (Å²) in [6, 6.07) is 17.8. The third kappa shape index (κ3) is 39.8. The van der Waals surface area contributed by atoms with Crippen LogP contribution in [0.15, 0.2) is 48.5 Å². The Morgan fingerprint density at radius 1 is 0.299 bits per heavy atom. The highest BCUT2D eigenvalue weighted by atomic mass is 31.2. The summed E-state index contributed by atoms with van der Waals surface area (Å²) in [5.41, 5.74) is 3.08. The zero-order valence-corrected chi connectivity index (χ0v) is 60.2. The van der Waals surface area contributed by atoms with Crippen LogP contribution in [0.2, 0.25) is 0 Å². The van der Waals surface area contributed by atoms with Crippen LogP contribution in [0.1, 0.15) is 387 Å². The summed E-state index contributed by atoms with van der Waals surface area (Å²) in [6.45, 7) is 15.8. The van der Waals surface area contributed by atoms with Crippen LogP contribution in [0, 0.1) is 17.3 Å². The summed E-state index contributed by atoms with van der Waals surface area (Å²) in [6.07, 6.45) is 71.4. The van der Waals surface area contributed by atoms with Crippen LogP contribution in [0.5, 0.6) is 11.5 Å². The van der Waals surface area contributed by atoms with E-state index in [0.29, 0.717) is 25.0 Å². The van der Waals surface area contributed by atoms with Crippen molar-refractivity contribution in [3.8, 4) is 11.5 Å². The quantitative estimate of drug-likeness (QED) is 0.0486. The van der Waals surface area contributed by atoms with E-state index in [1.807, 2.05) is 0 Å². The fourth-order valence-corrected chi connectivity index (χ4v) is 16.3. The van der Waals surface area contributed by atoms with Crippen LogP contribution >= 0.6 is 17.2 Å². The number of benzene rings is 2. The fourth-order valence-electron chi connectivity index (χ4n) is 14.0. The van der Waals surface area contributed by atoms with Crippen molar-refractivity contribution >= 4 is 17.2 Å². The highest BCUT2D eigenvalue weighted by Gasteiger charge is 2.42. The normalized spacial score (nSPS) is 18.1. The first kappa shape index (κ1) is 78.2. The molecule has 87 heavy (non-hydrogen) atoms. The summed E-state index contributed by atoms with van der Waals surface area (Å²) in [4.78, 5) is 0. The molecular weight excluding hydrogens is 1110 g/mol. The highest BCUT2D eigenvalue weighted by molar-refractivity contribution is 7.42. The molecule has 0 radical (unpaired) electrons. The third-order valence-electron chi connectivity index (χ3n) is 20.2. The molecule has 2 aliphatic carbocycles. The first-order valence-electron chi connectivity index (χ1n) is 38.6. The van der Waals surface area contributed by atoms with Crippen LogP contribution in [0.4, 0.5) is 0 Å². The van der Waals surface area contributed by atoms with Gasteiger partial charge in [0.2, 0.25) is 0 Å². The number of hydrogen-bond acceptors (Lipinski definition) is 6. The molecule has 0 bridgehead atoms. The van der Waals surface area contributed by atoms with Gasteiger partial charge in [-0.2, -0.15) is 0 Å². The van der Waals surface area contributed by atoms with Gasteiger partial charge in [0.05, 0.1) is 25.4 Å². The molecule has 0 saturated heterocycles. The standard InChI is InChI=1S/C79H142O6P2/c1-7-11-15-19-23-27-31-35-39-43-47-51-71-53-61-75(62-54-71)82-86(80-69-49-45-41-37-33-29-25-21-17-13-9-3)84-77-65-57-73(58-66-77)79(5,6)74-59-67-78(68-60-74)85-87(81-70-50-46-42-38-34-30-26-22-18-14-10-4)83-76-63-55-72(56-64-76)52-48-44-40-36-32-28-24-20-16-12-8-2/h53-56,61-64,73-74,77-78H,7-52,57-60,65-70H2,1-6H3. The lowest BCUT2D eigenvalue weighted by atomic mass is 9.60. The minimum absolute atomic E-state index is 0.180. The van der Waals surface area contributed by atoms with Gasteiger partial charge in [0.1, 0.15) is 11.5 Å². The fraction of sp³-hybridized carbons (Fsp3) is 0.848. The predicted octanol–water partition coefficient (Wildman–Crippen LogP) is 28.1. The lowest BCUT2D eigenvalue weighted by Gasteiger charge is -2.46. The summed E-state index contributed by atoms with van der Waals surface area (Å²) < 4.78 is 40.1. The zero-order chi connectivity index (χ0) is 61.8. The molecule has 0 N–H and O–H groups in total. The molecule has 2 aromatic carbocycles. The van der Waals surface area contributed by atoms with Crippen molar-refractivity contribution in [2.45, 2.75) is 400 Å². The zero-order valence-electron chi connectivity index (χ0n) is 58.4. The molecule has 6 nitrogen and oxygen atoms in total. The highest BCUT2D eigenvalue weighted by Crippen LogP contribution is 2.53. The van der Waals surface area contributed by atoms with Gasteiger partial charge in [-0.05, 0) is 143 Å². The monoisotopic (exact) mass is 1250 g/mol. The predicted molar refractivity (Wildman–Crippen MR) is 381 cm³/mol. The molecule has 2 aromatic rings. The molecule has 2 unspecified atom stereocenters. The Morgan fingerprint density at radius 2 is 0.529 bits per heavy atom. The largest absolute Gasteiger partial charge is 0.427 e. The Labute approximate surface area is 543 Å². The van der Waals surface area contributed by atoms with Gasteiger partial charge in [0.15, 0.2) is 0 Å². The average molecular weight is 1250 g/mol. The lowest BCUT2D eigenvalue weighted by molar-refractivity contribution is 0.00601. The van der Waals surface area contributed by atoms with Crippen molar-refractivity contribution in [1.29, 1.82) is 0 Å². The van der Waals surface area contributed by atoms with Crippen LogP contribution in [0.25, 0.3) is 0 Å². The van der Waals surface area contributed by atoms with Crippen LogP contribution in [0.3, 0.4) is 0 Å². The minimum Gasteiger partial charge on any atom is -0.427 e. The third-order valence-corrected chi connectivity index (χ3v) is 22.6. The van der Waals surface area contributed by atoms with E-state index in [1.165, 1.54) is 306 Å². The van der Waals surface area contributed by atoms with Gasteiger partial charge in [-0.3, -0.25) is 9.05 Å². The molecule has 0 amide bonds. The Balaban J connectivity index is 1.22. The Hall–Kier alpha value is -1.26. The van der Waals surface area contributed by atoms with E-state index in [4.69, 9.17) is 27.1 Å². The molecule has 0 heterocycles. The van der Waals surface area contributed by atoms with E-state index >= 15 is 0 Å². The SMILES string of the molecule is CCCCCCCCCCCCCOP(Oc1ccc(CCCCCCCCCCCCC)cc1)OC1CCC(C(C)(C)C2CCC(OP(OCCCCCCCCCCCCC)Oc3ccc(CCCCCCCCCCCCC)cc3)CC2)CC1. The van der Waals surface area contributed by atoms with Gasteiger partial charge in [-0.1, -0.05) is 323 Å². The van der Waals surface area contributed by atoms with E-state index in [-0.39, 0.29) is 17.6 Å². The molecule has 4 rings (SSSR count). The molecule has 2 fully saturated rings. The molecule has 2 saturated carbocycles. The first-order chi connectivity index (χ1) is 42.8. The van der Waals surface area contributed by atoms with Gasteiger partial charge >= 0.3 is 17.2 Å². The summed E-state index contributed by atoms with van der Waals surface area (Å²) >= 11 is 0. The minimum atomic E-state index is -1.47. The second-order valence-electron chi connectivity index (χ2n) is 28.2. The Kier molecular flexibility index (Phi) is 48.7. The summed E-state index contributed by atoms with van der Waals surface area (Å²) in [5, 5.41) is 0. The van der Waals surface area contributed by atoms with Gasteiger partial charge in [0, 0.05) is 0 Å². The summed E-state index contributed by atoms with van der Waals surface area (Å²) in [7, 11) is -2.94. The molecule has 0 aliphatic heterocycles. The maximum Gasteiger partial charge on any atom is 0.397 e. The van der Waals surface area contributed by atoms with E-state index in [9.17, 15) is 0 Å². The van der Waals surface area contributed by atoms with E-state index < -0.39 is 17.2 Å². The van der Waals surface area contributed by atoms with Gasteiger partial charge < -0.3 is 18.1 Å². The van der Waals surface area contributed by atoms with E-state index in [2.05, 4.69) is 90.1 Å². The van der Waals surface area contributed by atoms with Crippen molar-refractivity contribution in [3.05, 3.63) is 59.7 Å². The van der Waals surface area contributed by atoms with Crippen LogP contribution < -0.4 is 9.05 Å². The molecule has 0 aromatic heterocycles. The maximum atomic E-state index is 6.88. The van der Waals surface area contributed by atoms with Gasteiger partial charge in [-0.15, -0.1) is 0 Å². The van der Waals surface area contributed by atoms with Crippen molar-refractivity contribution < 1.29 is 27.1 Å². The van der Waals surface area contributed by atoms with Crippen LogP contribution in [-0.2, 0) is 30.9 Å². The van der Waals surface area contributed by atoms with Crippen molar-refractivity contribution in [1.82, 2.24) is 0 Å².